The summed E-state index contributed by atoms with van der Waals surface area (Å²) in [5, 5.41) is 9.39. The molecule has 3 N–H and O–H groups in total. The van der Waals surface area contributed by atoms with Gasteiger partial charge in [0, 0.05) is 18.0 Å². The molecule has 0 saturated carbocycles. The van der Waals surface area contributed by atoms with Crippen LogP contribution in [0.4, 0.5) is 8.78 Å². The fraction of sp³-hybridized carbons (Fsp3) is 0.400. The van der Waals surface area contributed by atoms with Crippen LogP contribution >= 0.6 is 0 Å². The Morgan fingerprint density at radius 2 is 2.07 bits per heavy atom. The van der Waals surface area contributed by atoms with Crippen LogP contribution in [0.15, 0.2) is 18.2 Å². The number of nitrogens with two attached hydrogens (primary N) is 1. The summed E-state index contributed by atoms with van der Waals surface area (Å²) in [4.78, 5) is 0. The third-order valence-corrected chi connectivity index (χ3v) is 2.01. The van der Waals surface area contributed by atoms with Gasteiger partial charge in [-0.3, -0.25) is 0 Å². The molecule has 0 aromatic heterocycles. The Hall–Kier alpha value is -1.16. The Bertz CT molecular complexity index is 315. The highest BCUT2D eigenvalue weighted by atomic mass is 19.3. The SMILES string of the molecule is Cc1ccc(O)c([C@H](N)CC(F)F)c1. The number of aryl methyl sites for hydroxylation is 1. The topological polar surface area (TPSA) is 46.2 Å². The van der Waals surface area contributed by atoms with Crippen molar-refractivity contribution in [2.24, 2.45) is 5.73 Å². The van der Waals surface area contributed by atoms with Gasteiger partial charge in [0.15, 0.2) is 0 Å². The van der Waals surface area contributed by atoms with Crippen LogP contribution in [0.25, 0.3) is 0 Å². The zero-order valence-electron chi connectivity index (χ0n) is 7.87. The third kappa shape index (κ3) is 2.67. The number of alkyl halides is 2. The second-order valence-electron chi connectivity index (χ2n) is 3.30. The summed E-state index contributed by atoms with van der Waals surface area (Å²) in [7, 11) is 0. The highest BCUT2D eigenvalue weighted by Gasteiger charge is 2.15. The number of phenols is 1. The van der Waals surface area contributed by atoms with E-state index in [9.17, 15) is 13.9 Å². The number of phenolic OH excluding ortho intramolecular Hbond substituents is 1. The molecule has 0 heterocycles. The van der Waals surface area contributed by atoms with Crippen molar-refractivity contribution in [3.05, 3.63) is 29.3 Å². The molecule has 78 valence electrons. The van der Waals surface area contributed by atoms with Crippen LogP contribution in [0.5, 0.6) is 5.75 Å². The lowest BCUT2D eigenvalue weighted by Gasteiger charge is -2.13. The summed E-state index contributed by atoms with van der Waals surface area (Å²) in [6.45, 7) is 1.82. The Labute approximate surface area is 81.4 Å². The van der Waals surface area contributed by atoms with E-state index in [0.717, 1.165) is 5.56 Å². The van der Waals surface area contributed by atoms with E-state index < -0.39 is 18.9 Å². The van der Waals surface area contributed by atoms with Gasteiger partial charge >= 0.3 is 0 Å². The minimum absolute atomic E-state index is 0.0243. The third-order valence-electron chi connectivity index (χ3n) is 2.01. The van der Waals surface area contributed by atoms with E-state index in [1.165, 1.54) is 6.07 Å². The highest BCUT2D eigenvalue weighted by molar-refractivity contribution is 5.37. The molecule has 1 aromatic carbocycles. The van der Waals surface area contributed by atoms with Gasteiger partial charge in [-0.05, 0) is 13.0 Å². The summed E-state index contributed by atoms with van der Waals surface area (Å²) >= 11 is 0. The first kappa shape index (κ1) is 10.9. The van der Waals surface area contributed by atoms with Crippen LogP contribution in [-0.4, -0.2) is 11.5 Å². The van der Waals surface area contributed by atoms with Crippen molar-refractivity contribution in [2.45, 2.75) is 25.8 Å². The molecule has 0 radical (unpaired) electrons. The second kappa shape index (κ2) is 4.37. The van der Waals surface area contributed by atoms with Crippen molar-refractivity contribution in [1.82, 2.24) is 0 Å². The molecule has 0 saturated heterocycles. The molecular formula is C10H13F2NO. The maximum absolute atomic E-state index is 12.0. The van der Waals surface area contributed by atoms with Crippen molar-refractivity contribution in [3.63, 3.8) is 0 Å². The van der Waals surface area contributed by atoms with Gasteiger partial charge in [0.1, 0.15) is 5.75 Å². The van der Waals surface area contributed by atoms with Crippen LogP contribution in [0.3, 0.4) is 0 Å². The fourth-order valence-corrected chi connectivity index (χ4v) is 1.29. The second-order valence-corrected chi connectivity index (χ2v) is 3.30. The zero-order chi connectivity index (χ0) is 10.7. The molecule has 1 aromatic rings. The van der Waals surface area contributed by atoms with E-state index in [4.69, 9.17) is 5.73 Å². The fourth-order valence-electron chi connectivity index (χ4n) is 1.29. The van der Waals surface area contributed by atoms with Crippen LogP contribution in [0.1, 0.15) is 23.6 Å². The van der Waals surface area contributed by atoms with Crippen molar-refractivity contribution < 1.29 is 13.9 Å². The minimum atomic E-state index is -2.45. The molecule has 0 fully saturated rings. The van der Waals surface area contributed by atoms with Crippen molar-refractivity contribution in [3.8, 4) is 5.75 Å². The van der Waals surface area contributed by atoms with Gasteiger partial charge < -0.3 is 10.8 Å². The van der Waals surface area contributed by atoms with Crippen molar-refractivity contribution in [2.75, 3.05) is 0 Å². The number of hydrogen-bond acceptors (Lipinski definition) is 2. The van der Waals surface area contributed by atoms with Gasteiger partial charge in [-0.15, -0.1) is 0 Å². The molecule has 1 rings (SSSR count). The smallest absolute Gasteiger partial charge is 0.240 e. The van der Waals surface area contributed by atoms with E-state index in [0.29, 0.717) is 5.56 Å². The van der Waals surface area contributed by atoms with E-state index in [1.54, 1.807) is 12.1 Å². The minimum Gasteiger partial charge on any atom is -0.508 e. The number of rotatable bonds is 3. The molecule has 0 unspecified atom stereocenters. The molecule has 0 aliphatic rings. The molecule has 4 heteroatoms. The summed E-state index contributed by atoms with van der Waals surface area (Å²) in [5.41, 5.74) is 6.80. The van der Waals surface area contributed by atoms with Crippen molar-refractivity contribution in [1.29, 1.82) is 0 Å². The van der Waals surface area contributed by atoms with Gasteiger partial charge in [-0.1, -0.05) is 17.7 Å². The van der Waals surface area contributed by atoms with E-state index in [1.807, 2.05) is 6.92 Å². The van der Waals surface area contributed by atoms with Crippen LogP contribution in [-0.2, 0) is 0 Å². The Morgan fingerprint density at radius 1 is 1.43 bits per heavy atom. The molecule has 0 amide bonds. The predicted molar refractivity (Wildman–Crippen MR) is 50.4 cm³/mol. The normalized spacial score (nSPS) is 13.2. The lowest BCUT2D eigenvalue weighted by Crippen LogP contribution is -2.14. The first-order valence-corrected chi connectivity index (χ1v) is 4.34. The van der Waals surface area contributed by atoms with E-state index >= 15 is 0 Å². The number of aromatic hydroxyl groups is 1. The summed E-state index contributed by atoms with van der Waals surface area (Å²) in [6.07, 6.45) is -2.89. The highest BCUT2D eigenvalue weighted by Crippen LogP contribution is 2.27. The van der Waals surface area contributed by atoms with Gasteiger partial charge in [0.2, 0.25) is 6.43 Å². The van der Waals surface area contributed by atoms with Crippen LogP contribution in [0.2, 0.25) is 0 Å². The molecule has 14 heavy (non-hydrogen) atoms. The quantitative estimate of drug-likeness (QED) is 0.788. The zero-order valence-corrected chi connectivity index (χ0v) is 7.87. The van der Waals surface area contributed by atoms with Gasteiger partial charge in [0.05, 0.1) is 0 Å². The monoisotopic (exact) mass is 201 g/mol. The average molecular weight is 201 g/mol. The number of benzene rings is 1. The Morgan fingerprint density at radius 3 is 2.64 bits per heavy atom. The molecule has 0 aliphatic carbocycles. The lowest BCUT2D eigenvalue weighted by atomic mass is 10.0. The number of halogens is 2. The van der Waals surface area contributed by atoms with Crippen LogP contribution < -0.4 is 5.73 Å². The summed E-state index contributed by atoms with van der Waals surface area (Å²) in [6, 6.07) is 3.99. The van der Waals surface area contributed by atoms with E-state index in [-0.39, 0.29) is 5.75 Å². The van der Waals surface area contributed by atoms with Crippen LogP contribution in [0, 0.1) is 6.92 Å². The van der Waals surface area contributed by atoms with Gasteiger partial charge in [-0.25, -0.2) is 8.78 Å². The summed E-state index contributed by atoms with van der Waals surface area (Å²) < 4.78 is 24.1. The maximum Gasteiger partial charge on any atom is 0.240 e. The first-order valence-electron chi connectivity index (χ1n) is 4.34. The Kier molecular flexibility index (Phi) is 3.41. The van der Waals surface area contributed by atoms with Gasteiger partial charge in [-0.2, -0.15) is 0 Å². The first-order chi connectivity index (χ1) is 6.50. The molecule has 0 spiro atoms. The summed E-state index contributed by atoms with van der Waals surface area (Å²) in [5.74, 6) is -0.0243. The molecule has 0 bridgehead atoms. The molecule has 1 atom stereocenters. The predicted octanol–water partition coefficient (Wildman–Crippen LogP) is 2.36. The molecule has 2 nitrogen and oxygen atoms in total. The average Bonchev–Trinajstić information content (AvgIpc) is 2.08. The Balaban J connectivity index is 2.88. The maximum atomic E-state index is 12.0. The number of hydrogen-bond donors (Lipinski definition) is 2. The molecular weight excluding hydrogens is 188 g/mol. The standard InChI is InChI=1S/C10H13F2NO/c1-6-2-3-9(14)7(4-6)8(13)5-10(11)12/h2-4,8,10,14H,5,13H2,1H3/t8-/m1/s1. The largest absolute Gasteiger partial charge is 0.508 e. The lowest BCUT2D eigenvalue weighted by molar-refractivity contribution is 0.128. The molecule has 0 aliphatic heterocycles. The van der Waals surface area contributed by atoms with E-state index in [2.05, 4.69) is 0 Å². The van der Waals surface area contributed by atoms with Crippen molar-refractivity contribution >= 4 is 0 Å². The van der Waals surface area contributed by atoms with Gasteiger partial charge in [0.25, 0.3) is 0 Å².